The van der Waals surface area contributed by atoms with Crippen LogP contribution in [0.3, 0.4) is 0 Å². The maximum absolute atomic E-state index is 12.9. The summed E-state index contributed by atoms with van der Waals surface area (Å²) in [5, 5.41) is 15.0. The van der Waals surface area contributed by atoms with Crippen molar-refractivity contribution in [2.75, 3.05) is 20.2 Å². The molecule has 5 nitrogen and oxygen atoms in total. The molecule has 0 spiro atoms. The van der Waals surface area contributed by atoms with Gasteiger partial charge in [-0.25, -0.2) is 0 Å². The van der Waals surface area contributed by atoms with Gasteiger partial charge in [0.05, 0.1) is 11.7 Å². The van der Waals surface area contributed by atoms with Gasteiger partial charge < -0.3 is 15.2 Å². The molecule has 1 aliphatic heterocycles. The van der Waals surface area contributed by atoms with E-state index in [-0.39, 0.29) is 23.8 Å². The van der Waals surface area contributed by atoms with Gasteiger partial charge in [0, 0.05) is 32.8 Å². The molecule has 29 heavy (non-hydrogen) atoms. The first-order chi connectivity index (χ1) is 14.2. The lowest BCUT2D eigenvalue weighted by molar-refractivity contribution is 0.0939. The van der Waals surface area contributed by atoms with Crippen LogP contribution in [0.4, 0.5) is 0 Å². The molecule has 0 bridgehead atoms. The first-order valence-corrected chi connectivity index (χ1v) is 9.95. The fourth-order valence-corrected chi connectivity index (χ4v) is 4.13. The highest BCUT2D eigenvalue weighted by Crippen LogP contribution is 2.27. The number of aromatic hydroxyl groups is 1. The highest BCUT2D eigenvalue weighted by atomic mass is 16.5. The summed E-state index contributed by atoms with van der Waals surface area (Å²) in [6, 6.07) is 21.5. The molecule has 1 heterocycles. The van der Waals surface area contributed by atoms with Crippen molar-refractivity contribution < 1.29 is 14.6 Å². The number of phenolic OH excluding ortho intramolecular Hbond substituents is 1. The summed E-state index contributed by atoms with van der Waals surface area (Å²) in [7, 11) is 1.74. The summed E-state index contributed by atoms with van der Waals surface area (Å²) in [4.78, 5) is 15.3. The predicted octanol–water partition coefficient (Wildman–Crippen LogP) is 3.56. The van der Waals surface area contributed by atoms with Crippen LogP contribution in [0, 0.1) is 0 Å². The average Bonchev–Trinajstić information content (AvgIpc) is 3.14. The first-order valence-electron chi connectivity index (χ1n) is 9.95. The average molecular weight is 390 g/mol. The van der Waals surface area contributed by atoms with Crippen molar-refractivity contribution in [3.63, 3.8) is 0 Å². The SMILES string of the molecule is CO[C@H]1C[C@@H](CNC(=O)c2c(O)ccc3ccccc23)N(Cc2ccccc2)C1. The van der Waals surface area contributed by atoms with Gasteiger partial charge in [0.15, 0.2) is 0 Å². The molecule has 3 aromatic rings. The summed E-state index contributed by atoms with van der Waals surface area (Å²) in [6.07, 6.45) is 1.03. The van der Waals surface area contributed by atoms with Gasteiger partial charge in [0.25, 0.3) is 5.91 Å². The maximum Gasteiger partial charge on any atom is 0.255 e. The third-order valence-corrected chi connectivity index (χ3v) is 5.68. The van der Waals surface area contributed by atoms with Gasteiger partial charge in [-0.2, -0.15) is 0 Å². The Morgan fingerprint density at radius 2 is 1.86 bits per heavy atom. The van der Waals surface area contributed by atoms with E-state index in [9.17, 15) is 9.90 Å². The van der Waals surface area contributed by atoms with Gasteiger partial charge in [0.1, 0.15) is 5.75 Å². The fourth-order valence-electron chi connectivity index (χ4n) is 4.13. The fraction of sp³-hybridized carbons (Fsp3) is 0.292. The van der Waals surface area contributed by atoms with Crippen LogP contribution in [0.1, 0.15) is 22.3 Å². The van der Waals surface area contributed by atoms with E-state index >= 15 is 0 Å². The molecule has 2 N–H and O–H groups in total. The van der Waals surface area contributed by atoms with Gasteiger partial charge >= 0.3 is 0 Å². The summed E-state index contributed by atoms with van der Waals surface area (Å²) >= 11 is 0. The molecule has 2 atom stereocenters. The Kier molecular flexibility index (Phi) is 5.79. The van der Waals surface area contributed by atoms with Crippen molar-refractivity contribution in [1.29, 1.82) is 0 Å². The van der Waals surface area contributed by atoms with E-state index < -0.39 is 0 Å². The third kappa shape index (κ3) is 4.26. The van der Waals surface area contributed by atoms with Gasteiger partial charge in [-0.05, 0) is 28.8 Å². The van der Waals surface area contributed by atoms with Crippen LogP contribution in [0.2, 0.25) is 0 Å². The zero-order valence-corrected chi connectivity index (χ0v) is 16.5. The highest BCUT2D eigenvalue weighted by molar-refractivity contribution is 6.09. The maximum atomic E-state index is 12.9. The second-order valence-corrected chi connectivity index (χ2v) is 7.55. The van der Waals surface area contributed by atoms with E-state index in [4.69, 9.17) is 4.74 Å². The predicted molar refractivity (Wildman–Crippen MR) is 114 cm³/mol. The number of rotatable bonds is 6. The minimum absolute atomic E-state index is 0.00327. The quantitative estimate of drug-likeness (QED) is 0.676. The van der Waals surface area contributed by atoms with E-state index in [1.165, 1.54) is 5.56 Å². The summed E-state index contributed by atoms with van der Waals surface area (Å²) in [6.45, 7) is 2.17. The molecule has 1 aliphatic rings. The van der Waals surface area contributed by atoms with E-state index in [1.54, 1.807) is 13.2 Å². The lowest BCUT2D eigenvalue weighted by atomic mass is 10.0. The Morgan fingerprint density at radius 1 is 1.10 bits per heavy atom. The Bertz CT molecular complexity index is 990. The molecule has 0 saturated carbocycles. The minimum atomic E-state index is -0.250. The Labute approximate surface area is 170 Å². The van der Waals surface area contributed by atoms with Crippen molar-refractivity contribution >= 4 is 16.7 Å². The number of hydrogen-bond donors (Lipinski definition) is 2. The largest absolute Gasteiger partial charge is 0.507 e. The monoisotopic (exact) mass is 390 g/mol. The number of nitrogens with zero attached hydrogens (tertiary/aromatic N) is 1. The normalized spacial score (nSPS) is 19.5. The lowest BCUT2D eigenvalue weighted by Gasteiger charge is -2.24. The highest BCUT2D eigenvalue weighted by Gasteiger charge is 2.32. The molecule has 3 aromatic carbocycles. The van der Waals surface area contributed by atoms with Crippen LogP contribution < -0.4 is 5.32 Å². The number of carbonyl (C=O) groups excluding carboxylic acids is 1. The number of likely N-dealkylation sites (tertiary alicyclic amines) is 1. The number of carbonyl (C=O) groups is 1. The van der Waals surface area contributed by atoms with Crippen LogP contribution in [-0.4, -0.2) is 48.3 Å². The molecular formula is C24H26N2O3. The molecule has 0 aromatic heterocycles. The van der Waals surface area contributed by atoms with E-state index in [0.717, 1.165) is 30.3 Å². The van der Waals surface area contributed by atoms with Gasteiger partial charge in [0.2, 0.25) is 0 Å². The van der Waals surface area contributed by atoms with Gasteiger partial charge in [-0.3, -0.25) is 9.69 Å². The Hall–Kier alpha value is -2.89. The number of benzene rings is 3. The molecule has 0 aliphatic carbocycles. The van der Waals surface area contributed by atoms with Gasteiger partial charge in [-0.1, -0.05) is 60.7 Å². The summed E-state index contributed by atoms with van der Waals surface area (Å²) < 4.78 is 5.58. The van der Waals surface area contributed by atoms with Gasteiger partial charge in [-0.15, -0.1) is 0 Å². The van der Waals surface area contributed by atoms with Crippen LogP contribution >= 0.6 is 0 Å². The molecule has 4 rings (SSSR count). The Balaban J connectivity index is 1.48. The molecule has 5 heteroatoms. The first kappa shape index (κ1) is 19.4. The van der Waals surface area contributed by atoms with E-state index in [1.807, 2.05) is 48.5 Å². The second-order valence-electron chi connectivity index (χ2n) is 7.55. The van der Waals surface area contributed by atoms with Crippen molar-refractivity contribution in [1.82, 2.24) is 10.2 Å². The number of hydrogen-bond acceptors (Lipinski definition) is 4. The molecule has 1 fully saturated rings. The molecule has 1 amide bonds. The van der Waals surface area contributed by atoms with Crippen molar-refractivity contribution in [3.05, 3.63) is 77.9 Å². The molecule has 1 saturated heterocycles. The standard InChI is InChI=1S/C24H26N2O3/c1-29-20-13-19(26(16-20)15-17-7-3-2-4-8-17)14-25-24(28)23-21-10-6-5-9-18(21)11-12-22(23)27/h2-12,19-20,27H,13-16H2,1H3,(H,25,28)/t19-,20-/m0/s1. The smallest absolute Gasteiger partial charge is 0.255 e. The van der Waals surface area contributed by atoms with E-state index in [0.29, 0.717) is 12.1 Å². The summed E-state index contributed by atoms with van der Waals surface area (Å²) in [5.41, 5.74) is 1.58. The molecule has 150 valence electrons. The van der Waals surface area contributed by atoms with Crippen LogP contribution in [-0.2, 0) is 11.3 Å². The van der Waals surface area contributed by atoms with E-state index in [2.05, 4.69) is 22.3 Å². The third-order valence-electron chi connectivity index (χ3n) is 5.68. The van der Waals surface area contributed by atoms with Crippen molar-refractivity contribution in [3.8, 4) is 5.75 Å². The second kappa shape index (κ2) is 8.64. The lowest BCUT2D eigenvalue weighted by Crippen LogP contribution is -2.39. The molecule has 0 radical (unpaired) electrons. The number of ether oxygens (including phenoxy) is 1. The topological polar surface area (TPSA) is 61.8 Å². The van der Waals surface area contributed by atoms with Crippen molar-refractivity contribution in [2.45, 2.75) is 25.1 Å². The number of amides is 1. The Morgan fingerprint density at radius 3 is 2.66 bits per heavy atom. The molecular weight excluding hydrogens is 364 g/mol. The van der Waals surface area contributed by atoms with Crippen LogP contribution in [0.5, 0.6) is 5.75 Å². The summed E-state index contributed by atoms with van der Waals surface area (Å²) in [5.74, 6) is -0.247. The minimum Gasteiger partial charge on any atom is -0.507 e. The number of nitrogens with one attached hydrogen (secondary N) is 1. The number of methoxy groups -OCH3 is 1. The zero-order valence-electron chi connectivity index (χ0n) is 16.5. The number of phenols is 1. The number of fused-ring (bicyclic) bond motifs is 1. The van der Waals surface area contributed by atoms with Crippen molar-refractivity contribution in [2.24, 2.45) is 0 Å². The zero-order chi connectivity index (χ0) is 20.2. The molecule has 0 unspecified atom stereocenters. The van der Waals surface area contributed by atoms with Crippen LogP contribution in [0.15, 0.2) is 66.7 Å². The van der Waals surface area contributed by atoms with Crippen LogP contribution in [0.25, 0.3) is 10.8 Å².